The molecule has 0 atom stereocenters. The Labute approximate surface area is 150 Å². The number of aryl methyl sites for hydroxylation is 1. The summed E-state index contributed by atoms with van der Waals surface area (Å²) >= 11 is 0. The molecule has 0 bridgehead atoms. The molecule has 0 unspecified atom stereocenters. The Morgan fingerprint density at radius 3 is 2.31 bits per heavy atom. The summed E-state index contributed by atoms with van der Waals surface area (Å²) in [7, 11) is 3.07. The summed E-state index contributed by atoms with van der Waals surface area (Å²) < 4.78 is 10.9. The van der Waals surface area contributed by atoms with Crippen molar-refractivity contribution in [2.45, 2.75) is 6.92 Å². The van der Waals surface area contributed by atoms with Crippen molar-refractivity contribution in [3.63, 3.8) is 0 Å². The van der Waals surface area contributed by atoms with Gasteiger partial charge in [0.25, 0.3) is 0 Å². The lowest BCUT2D eigenvalue weighted by Crippen LogP contribution is -2.03. The molecule has 0 saturated carbocycles. The number of nitrogens with zero attached hydrogens (tertiary/aromatic N) is 1. The van der Waals surface area contributed by atoms with Crippen molar-refractivity contribution < 1.29 is 19.7 Å². The Bertz CT molecular complexity index is 1100. The molecule has 0 aromatic heterocycles. The topological polar surface area (TPSA) is 97.3 Å². The van der Waals surface area contributed by atoms with E-state index in [0.29, 0.717) is 50.2 Å². The summed E-state index contributed by atoms with van der Waals surface area (Å²) in [6.07, 6.45) is 0. The van der Waals surface area contributed by atoms with Gasteiger partial charge in [0.15, 0.2) is 0 Å². The first kappa shape index (κ1) is 16.1. The van der Waals surface area contributed by atoms with Gasteiger partial charge in [0.1, 0.15) is 28.7 Å². The predicted octanol–water partition coefficient (Wildman–Crippen LogP) is 3.27. The molecule has 4 N–H and O–H groups in total. The summed E-state index contributed by atoms with van der Waals surface area (Å²) in [5.41, 5.74) is 3.56. The van der Waals surface area contributed by atoms with Gasteiger partial charge in [0.05, 0.1) is 25.2 Å². The molecular formula is C20H18N2O4. The molecule has 0 aliphatic heterocycles. The number of hydrogen-bond donors (Lipinski definition) is 3. The number of phenols is 2. The van der Waals surface area contributed by atoms with Gasteiger partial charge >= 0.3 is 0 Å². The van der Waals surface area contributed by atoms with Crippen LogP contribution in [0.25, 0.3) is 21.9 Å². The van der Waals surface area contributed by atoms with Crippen LogP contribution in [0.15, 0.2) is 35.4 Å². The number of rotatable bonds is 2. The Kier molecular flexibility index (Phi) is 3.44. The highest BCUT2D eigenvalue weighted by Gasteiger charge is 2.36. The smallest absolute Gasteiger partial charge is 0.137 e. The maximum Gasteiger partial charge on any atom is 0.137 e. The van der Waals surface area contributed by atoms with E-state index < -0.39 is 0 Å². The van der Waals surface area contributed by atoms with Crippen LogP contribution in [0.2, 0.25) is 0 Å². The molecule has 132 valence electrons. The Morgan fingerprint density at radius 2 is 1.65 bits per heavy atom. The number of benzene rings is 3. The average molecular weight is 350 g/mol. The second-order valence-electron chi connectivity index (χ2n) is 6.20. The summed E-state index contributed by atoms with van der Waals surface area (Å²) in [4.78, 5) is 0. The lowest BCUT2D eigenvalue weighted by molar-refractivity contribution is 0.414. The van der Waals surface area contributed by atoms with Crippen LogP contribution in [0, 0.1) is 6.92 Å². The van der Waals surface area contributed by atoms with E-state index in [1.54, 1.807) is 25.3 Å². The molecule has 0 heterocycles. The normalized spacial score (nSPS) is 13.7. The zero-order valence-corrected chi connectivity index (χ0v) is 14.6. The van der Waals surface area contributed by atoms with Crippen molar-refractivity contribution in [2.75, 3.05) is 14.2 Å². The van der Waals surface area contributed by atoms with Crippen LogP contribution in [0.4, 0.5) is 0 Å². The number of aromatic hydroxyl groups is 2. The number of phenolic OH excluding ortho intramolecular Hbond substituents is 2. The maximum atomic E-state index is 11.0. The monoisotopic (exact) mass is 350 g/mol. The van der Waals surface area contributed by atoms with E-state index in [9.17, 15) is 10.2 Å². The van der Waals surface area contributed by atoms with Crippen molar-refractivity contribution in [3.05, 3.63) is 47.0 Å². The minimum Gasteiger partial charge on any atom is -0.507 e. The highest BCUT2D eigenvalue weighted by atomic mass is 16.5. The van der Waals surface area contributed by atoms with Crippen molar-refractivity contribution in [1.29, 1.82) is 0 Å². The van der Waals surface area contributed by atoms with Crippen LogP contribution in [0.3, 0.4) is 0 Å². The number of fused-ring (bicyclic) bond motifs is 4. The quantitative estimate of drug-likeness (QED) is 0.293. The number of hydrogen-bond acceptors (Lipinski definition) is 6. The Balaban J connectivity index is 2.25. The summed E-state index contributed by atoms with van der Waals surface area (Å²) in [6.45, 7) is 1.93. The summed E-state index contributed by atoms with van der Waals surface area (Å²) in [6, 6.07) is 8.98. The predicted molar refractivity (Wildman–Crippen MR) is 100 cm³/mol. The van der Waals surface area contributed by atoms with Crippen LogP contribution in [-0.2, 0) is 0 Å². The van der Waals surface area contributed by atoms with Crippen LogP contribution in [0.5, 0.6) is 23.0 Å². The van der Waals surface area contributed by atoms with Crippen molar-refractivity contribution in [1.82, 2.24) is 0 Å². The first-order valence-electron chi connectivity index (χ1n) is 8.05. The minimum absolute atomic E-state index is 0.0220. The van der Waals surface area contributed by atoms with Crippen molar-refractivity contribution >= 4 is 16.5 Å². The van der Waals surface area contributed by atoms with Gasteiger partial charge in [-0.05, 0) is 30.7 Å². The van der Waals surface area contributed by atoms with E-state index in [2.05, 4.69) is 5.10 Å². The van der Waals surface area contributed by atoms with Crippen LogP contribution in [0.1, 0.15) is 16.7 Å². The fourth-order valence-corrected chi connectivity index (χ4v) is 3.74. The van der Waals surface area contributed by atoms with Crippen molar-refractivity contribution in [3.8, 4) is 34.1 Å². The van der Waals surface area contributed by atoms with Gasteiger partial charge in [-0.2, -0.15) is 5.10 Å². The number of nitrogens with two attached hydrogens (primary N) is 1. The van der Waals surface area contributed by atoms with E-state index in [1.165, 1.54) is 7.11 Å². The highest BCUT2D eigenvalue weighted by molar-refractivity contribution is 6.30. The van der Waals surface area contributed by atoms with E-state index in [-0.39, 0.29) is 11.5 Å². The Hall–Kier alpha value is -3.41. The highest BCUT2D eigenvalue weighted by Crippen LogP contribution is 2.55. The molecular weight excluding hydrogens is 332 g/mol. The van der Waals surface area contributed by atoms with E-state index in [0.717, 1.165) is 5.56 Å². The zero-order valence-electron chi connectivity index (χ0n) is 14.6. The standard InChI is InChI=1S/C20H18N2O4/c1-9-7-11-14(13(8-9)26-3)16-17(18(11)22-21)20(24)15-10(19(16)23)5-4-6-12(15)25-2/h4-8,23-24H,21H2,1-3H3/b22-18+. The van der Waals surface area contributed by atoms with Gasteiger partial charge in [-0.3, -0.25) is 0 Å². The molecule has 6 nitrogen and oxygen atoms in total. The number of hydrazone groups is 1. The molecule has 0 radical (unpaired) electrons. The summed E-state index contributed by atoms with van der Waals surface area (Å²) in [5, 5.41) is 26.9. The first-order chi connectivity index (χ1) is 12.5. The molecule has 3 aromatic carbocycles. The van der Waals surface area contributed by atoms with Gasteiger partial charge in [0, 0.05) is 22.1 Å². The van der Waals surface area contributed by atoms with Crippen LogP contribution >= 0.6 is 0 Å². The Morgan fingerprint density at radius 1 is 0.923 bits per heavy atom. The van der Waals surface area contributed by atoms with E-state index in [1.807, 2.05) is 19.1 Å². The fraction of sp³-hybridized carbons (Fsp3) is 0.150. The molecule has 26 heavy (non-hydrogen) atoms. The average Bonchev–Trinajstić information content (AvgIpc) is 2.99. The molecule has 0 fully saturated rings. The maximum absolute atomic E-state index is 11.0. The SMILES string of the molecule is COc1cc(C)cc2c1-c1c(c(O)c3c(OC)cccc3c1O)/C2=N/N. The van der Waals surface area contributed by atoms with Gasteiger partial charge in [0.2, 0.25) is 0 Å². The van der Waals surface area contributed by atoms with Gasteiger partial charge in [-0.1, -0.05) is 12.1 Å². The zero-order chi connectivity index (χ0) is 18.6. The fourth-order valence-electron chi connectivity index (χ4n) is 3.74. The molecule has 0 amide bonds. The van der Waals surface area contributed by atoms with Crippen LogP contribution < -0.4 is 15.3 Å². The van der Waals surface area contributed by atoms with Crippen LogP contribution in [-0.4, -0.2) is 30.1 Å². The van der Waals surface area contributed by atoms with Gasteiger partial charge in [-0.25, -0.2) is 0 Å². The van der Waals surface area contributed by atoms with Crippen molar-refractivity contribution in [2.24, 2.45) is 10.9 Å². The third-order valence-electron chi connectivity index (χ3n) is 4.80. The molecule has 1 aliphatic carbocycles. The lowest BCUT2D eigenvalue weighted by atomic mass is 9.96. The molecule has 3 aromatic rings. The molecule has 1 aliphatic rings. The molecule has 0 saturated heterocycles. The second kappa shape index (κ2) is 5.56. The van der Waals surface area contributed by atoms with E-state index >= 15 is 0 Å². The van der Waals surface area contributed by atoms with Gasteiger partial charge < -0.3 is 25.5 Å². The third kappa shape index (κ3) is 1.89. The number of ether oxygens (including phenoxy) is 2. The molecule has 4 rings (SSSR count). The van der Waals surface area contributed by atoms with E-state index in [4.69, 9.17) is 15.3 Å². The number of methoxy groups -OCH3 is 2. The molecule has 0 spiro atoms. The summed E-state index contributed by atoms with van der Waals surface area (Å²) in [5.74, 6) is 6.68. The molecule has 6 heteroatoms. The first-order valence-corrected chi connectivity index (χ1v) is 8.05. The lowest BCUT2D eigenvalue weighted by Gasteiger charge is -2.15. The largest absolute Gasteiger partial charge is 0.507 e. The minimum atomic E-state index is -0.0367. The van der Waals surface area contributed by atoms with Gasteiger partial charge in [-0.15, -0.1) is 0 Å². The second-order valence-corrected chi connectivity index (χ2v) is 6.20. The third-order valence-corrected chi connectivity index (χ3v) is 4.80.